The van der Waals surface area contributed by atoms with Crippen molar-refractivity contribution in [3.05, 3.63) is 0 Å². The Kier molecular flexibility index (Phi) is 17.0. The Labute approximate surface area is 236 Å². The SMILES string of the molecule is CCC(C)[C@H](OC(=O)[C@H](C)OC(=O)C[C@@H](C)OC(=O)[C@@H](O)CC(C)C)C(=O)N[C@@H](CC(C)C)C(=O)CC(=O)OC. The molecule has 2 N–H and O–H groups in total. The molecule has 230 valence electrons. The third-order valence-corrected chi connectivity index (χ3v) is 6.00. The van der Waals surface area contributed by atoms with Gasteiger partial charge in [-0.25, -0.2) is 9.59 Å². The number of carbonyl (C=O) groups excluding carboxylic acids is 6. The van der Waals surface area contributed by atoms with Crippen LogP contribution < -0.4 is 5.32 Å². The van der Waals surface area contributed by atoms with Gasteiger partial charge in [0, 0.05) is 5.92 Å². The largest absolute Gasteiger partial charge is 0.469 e. The van der Waals surface area contributed by atoms with Crippen molar-refractivity contribution in [3.8, 4) is 0 Å². The fraction of sp³-hybridized carbons (Fsp3) is 0.786. The molecule has 0 fully saturated rings. The van der Waals surface area contributed by atoms with E-state index in [9.17, 15) is 33.9 Å². The third kappa shape index (κ3) is 14.4. The lowest BCUT2D eigenvalue weighted by Gasteiger charge is -2.27. The van der Waals surface area contributed by atoms with Gasteiger partial charge in [-0.1, -0.05) is 41.5 Å². The van der Waals surface area contributed by atoms with Crippen molar-refractivity contribution >= 4 is 35.6 Å². The highest BCUT2D eigenvalue weighted by atomic mass is 16.6. The van der Waals surface area contributed by atoms with E-state index in [1.807, 2.05) is 27.7 Å². The van der Waals surface area contributed by atoms with E-state index < -0.39 is 78.4 Å². The molecule has 0 aromatic rings. The number of aliphatic hydroxyl groups excluding tert-OH is 1. The van der Waals surface area contributed by atoms with E-state index in [2.05, 4.69) is 10.1 Å². The van der Waals surface area contributed by atoms with Crippen LogP contribution >= 0.6 is 0 Å². The first kappa shape index (κ1) is 37.0. The molecule has 0 aliphatic carbocycles. The van der Waals surface area contributed by atoms with Crippen LogP contribution in [0.5, 0.6) is 0 Å². The highest BCUT2D eigenvalue weighted by Crippen LogP contribution is 2.16. The number of hydrogen-bond acceptors (Lipinski definition) is 11. The molecule has 0 spiro atoms. The van der Waals surface area contributed by atoms with Gasteiger partial charge in [0.25, 0.3) is 5.91 Å². The van der Waals surface area contributed by atoms with Gasteiger partial charge >= 0.3 is 23.9 Å². The third-order valence-electron chi connectivity index (χ3n) is 6.00. The summed E-state index contributed by atoms with van der Waals surface area (Å²) in [7, 11) is 1.16. The Morgan fingerprint density at radius 2 is 1.35 bits per heavy atom. The molecular formula is C28H47NO11. The minimum absolute atomic E-state index is 0.0102. The van der Waals surface area contributed by atoms with Gasteiger partial charge in [-0.3, -0.25) is 19.2 Å². The van der Waals surface area contributed by atoms with Gasteiger partial charge in [-0.15, -0.1) is 0 Å². The van der Waals surface area contributed by atoms with Crippen molar-refractivity contribution in [2.45, 2.75) is 118 Å². The van der Waals surface area contributed by atoms with Gasteiger partial charge < -0.3 is 29.4 Å². The van der Waals surface area contributed by atoms with E-state index in [1.165, 1.54) is 13.8 Å². The van der Waals surface area contributed by atoms with E-state index in [4.69, 9.17) is 14.2 Å². The molecule has 0 aromatic heterocycles. The number of Topliss-reactive ketones (excluding diaryl/α,β-unsaturated/α-hetero) is 1. The van der Waals surface area contributed by atoms with Crippen LogP contribution in [-0.2, 0) is 47.7 Å². The molecule has 40 heavy (non-hydrogen) atoms. The van der Waals surface area contributed by atoms with E-state index in [0.29, 0.717) is 6.42 Å². The second kappa shape index (κ2) is 18.4. The smallest absolute Gasteiger partial charge is 0.347 e. The number of hydrogen-bond donors (Lipinski definition) is 2. The molecule has 0 saturated carbocycles. The zero-order valence-corrected chi connectivity index (χ0v) is 25.2. The van der Waals surface area contributed by atoms with Crippen molar-refractivity contribution < 1.29 is 52.8 Å². The summed E-state index contributed by atoms with van der Waals surface area (Å²) in [4.78, 5) is 74.3. The molecular weight excluding hydrogens is 526 g/mol. The van der Waals surface area contributed by atoms with Crippen LogP contribution in [0.1, 0.15) is 87.5 Å². The fourth-order valence-electron chi connectivity index (χ4n) is 3.59. The first-order chi connectivity index (χ1) is 18.5. The first-order valence-electron chi connectivity index (χ1n) is 13.7. The van der Waals surface area contributed by atoms with Crippen LogP contribution in [0.2, 0.25) is 0 Å². The average Bonchev–Trinajstić information content (AvgIpc) is 2.84. The van der Waals surface area contributed by atoms with E-state index in [1.54, 1.807) is 13.8 Å². The number of amides is 1. The Morgan fingerprint density at radius 1 is 0.775 bits per heavy atom. The normalized spacial score (nSPS) is 15.7. The second-order valence-electron chi connectivity index (χ2n) is 10.9. The molecule has 6 atom stereocenters. The minimum Gasteiger partial charge on any atom is -0.469 e. The van der Waals surface area contributed by atoms with Gasteiger partial charge in [0.05, 0.1) is 19.6 Å². The second-order valence-corrected chi connectivity index (χ2v) is 10.9. The van der Waals surface area contributed by atoms with E-state index >= 15 is 0 Å². The zero-order chi connectivity index (χ0) is 31.2. The molecule has 0 aliphatic heterocycles. The predicted octanol–water partition coefficient (Wildman–Crippen LogP) is 2.27. The van der Waals surface area contributed by atoms with Crippen LogP contribution in [0, 0.1) is 17.8 Å². The van der Waals surface area contributed by atoms with Crippen LogP contribution in [0.4, 0.5) is 0 Å². The van der Waals surface area contributed by atoms with E-state index in [-0.39, 0.29) is 31.1 Å². The highest BCUT2D eigenvalue weighted by molar-refractivity contribution is 6.00. The monoisotopic (exact) mass is 573 g/mol. The van der Waals surface area contributed by atoms with Gasteiger partial charge in [0.15, 0.2) is 24.1 Å². The van der Waals surface area contributed by atoms with E-state index in [0.717, 1.165) is 7.11 Å². The Bertz CT molecular complexity index is 870. The summed E-state index contributed by atoms with van der Waals surface area (Å²) in [6.45, 7) is 13.6. The lowest BCUT2D eigenvalue weighted by molar-refractivity contribution is -0.176. The summed E-state index contributed by atoms with van der Waals surface area (Å²) in [5.41, 5.74) is 0. The Hall–Kier alpha value is -3.02. The van der Waals surface area contributed by atoms with Crippen LogP contribution in [-0.4, -0.2) is 78.2 Å². The minimum atomic E-state index is -1.38. The number of methoxy groups -OCH3 is 1. The number of ketones is 1. The molecule has 0 heterocycles. The van der Waals surface area contributed by atoms with Gasteiger partial charge in [0.2, 0.25) is 0 Å². The molecule has 12 heteroatoms. The van der Waals surface area contributed by atoms with Crippen LogP contribution in [0.25, 0.3) is 0 Å². The van der Waals surface area contributed by atoms with Crippen molar-refractivity contribution in [1.29, 1.82) is 0 Å². The number of rotatable bonds is 18. The summed E-state index contributed by atoms with van der Waals surface area (Å²) >= 11 is 0. The average molecular weight is 574 g/mol. The first-order valence-corrected chi connectivity index (χ1v) is 13.7. The van der Waals surface area contributed by atoms with Crippen molar-refractivity contribution in [2.75, 3.05) is 7.11 Å². The maximum absolute atomic E-state index is 13.1. The van der Waals surface area contributed by atoms with Crippen molar-refractivity contribution in [3.63, 3.8) is 0 Å². The molecule has 12 nitrogen and oxygen atoms in total. The van der Waals surface area contributed by atoms with Crippen LogP contribution in [0.3, 0.4) is 0 Å². The number of carbonyl (C=O) groups is 6. The van der Waals surface area contributed by atoms with Crippen LogP contribution in [0.15, 0.2) is 0 Å². The molecule has 0 aromatic carbocycles. The summed E-state index contributed by atoms with van der Waals surface area (Å²) < 4.78 is 20.1. The quantitative estimate of drug-likeness (QED) is 0.140. The topological polar surface area (TPSA) is 172 Å². The predicted molar refractivity (Wildman–Crippen MR) is 144 cm³/mol. The summed E-state index contributed by atoms with van der Waals surface area (Å²) in [5.74, 6) is -5.03. The number of esters is 4. The molecule has 1 unspecified atom stereocenters. The van der Waals surface area contributed by atoms with Crippen molar-refractivity contribution in [2.24, 2.45) is 17.8 Å². The molecule has 0 radical (unpaired) electrons. The number of ether oxygens (including phenoxy) is 4. The lowest BCUT2D eigenvalue weighted by atomic mass is 9.96. The Morgan fingerprint density at radius 3 is 1.85 bits per heavy atom. The maximum Gasteiger partial charge on any atom is 0.347 e. The maximum atomic E-state index is 13.1. The molecule has 0 rings (SSSR count). The van der Waals surface area contributed by atoms with Crippen molar-refractivity contribution in [1.82, 2.24) is 5.32 Å². The molecule has 0 aliphatic rings. The molecule has 0 bridgehead atoms. The molecule has 0 saturated heterocycles. The zero-order valence-electron chi connectivity index (χ0n) is 25.2. The Balaban J connectivity index is 5.25. The summed E-state index contributed by atoms with van der Waals surface area (Å²) in [6, 6.07) is -0.990. The summed E-state index contributed by atoms with van der Waals surface area (Å²) in [5, 5.41) is 12.4. The number of nitrogens with one attached hydrogen (secondary N) is 1. The van der Waals surface area contributed by atoms with Gasteiger partial charge in [-0.2, -0.15) is 0 Å². The van der Waals surface area contributed by atoms with Gasteiger partial charge in [-0.05, 0) is 44.9 Å². The summed E-state index contributed by atoms with van der Waals surface area (Å²) in [6.07, 6.45) is -4.86. The standard InChI is InChI=1S/C28H47NO11/c1-10-17(6)25(26(34)29-20(11-15(2)3)21(30)14-23(32)37-9)40-27(35)19(8)39-24(33)13-18(7)38-28(36)22(31)12-16(4)5/h15-20,22,25,31H,10-14H2,1-9H3,(H,29,34)/t17?,18-,19+,20+,22+,25+/m1/s1. The fourth-order valence-corrected chi connectivity index (χ4v) is 3.59. The van der Waals surface area contributed by atoms with Gasteiger partial charge in [0.1, 0.15) is 12.5 Å². The number of aliphatic hydroxyl groups is 1. The molecule has 1 amide bonds. The highest BCUT2D eigenvalue weighted by Gasteiger charge is 2.34. The lowest BCUT2D eigenvalue weighted by Crippen LogP contribution is -2.50.